The first-order valence-electron chi connectivity index (χ1n) is 6.60. The molecule has 0 saturated heterocycles. The molecule has 0 atom stereocenters. The van der Waals surface area contributed by atoms with Crippen molar-refractivity contribution in [2.45, 2.75) is 31.3 Å². The summed E-state index contributed by atoms with van der Waals surface area (Å²) in [5.41, 5.74) is 3.27. The quantitative estimate of drug-likeness (QED) is 0.737. The molecular formula is C15H23NOS2. The predicted molar refractivity (Wildman–Crippen MR) is 88.1 cm³/mol. The Morgan fingerprint density at radius 1 is 1.11 bits per heavy atom. The average molecular weight is 297 g/mol. The number of hydrogen-bond acceptors (Lipinski definition) is 3. The van der Waals surface area contributed by atoms with Gasteiger partial charge >= 0.3 is 0 Å². The predicted octanol–water partition coefficient (Wildman–Crippen LogP) is 3.94. The molecule has 1 aromatic rings. The van der Waals surface area contributed by atoms with E-state index in [4.69, 9.17) is 0 Å². The third kappa shape index (κ3) is 5.91. The van der Waals surface area contributed by atoms with Gasteiger partial charge in [0.25, 0.3) is 5.91 Å². The highest BCUT2D eigenvalue weighted by molar-refractivity contribution is 7.98. The molecule has 0 heterocycles. The van der Waals surface area contributed by atoms with Crippen molar-refractivity contribution in [2.75, 3.05) is 19.1 Å². The number of carbonyl (C=O) groups excluding carboxylic acids is 1. The van der Waals surface area contributed by atoms with Gasteiger partial charge in [0, 0.05) is 23.6 Å². The molecule has 0 aliphatic heterocycles. The largest absolute Gasteiger partial charge is 0.352 e. The molecule has 1 aromatic carbocycles. The topological polar surface area (TPSA) is 29.1 Å². The van der Waals surface area contributed by atoms with E-state index < -0.39 is 0 Å². The molecule has 0 fully saturated rings. The summed E-state index contributed by atoms with van der Waals surface area (Å²) in [5, 5.41) is 2.99. The normalized spacial score (nSPS) is 10.5. The summed E-state index contributed by atoms with van der Waals surface area (Å²) in [6.45, 7) is 2.89. The fraction of sp³-hybridized carbons (Fsp3) is 0.533. The van der Waals surface area contributed by atoms with E-state index in [0.29, 0.717) is 0 Å². The summed E-state index contributed by atoms with van der Waals surface area (Å²) in [6.07, 6.45) is 6.31. The minimum absolute atomic E-state index is 0.0544. The van der Waals surface area contributed by atoms with Crippen LogP contribution in [0.1, 0.15) is 41.3 Å². The van der Waals surface area contributed by atoms with Crippen molar-refractivity contribution in [3.8, 4) is 0 Å². The first kappa shape index (κ1) is 16.4. The monoisotopic (exact) mass is 297 g/mol. The van der Waals surface area contributed by atoms with Crippen LogP contribution in [0.15, 0.2) is 18.2 Å². The van der Waals surface area contributed by atoms with Crippen LogP contribution in [0.4, 0.5) is 0 Å². The van der Waals surface area contributed by atoms with E-state index in [2.05, 4.69) is 30.8 Å². The molecule has 106 valence electrons. The first-order chi connectivity index (χ1) is 9.21. The molecule has 0 aromatic heterocycles. The van der Waals surface area contributed by atoms with E-state index in [1.807, 2.05) is 12.1 Å². The van der Waals surface area contributed by atoms with Gasteiger partial charge in [0.1, 0.15) is 0 Å². The number of carbonyl (C=O) groups is 1. The molecule has 1 amide bonds. The molecule has 0 unspecified atom stereocenters. The molecule has 0 aliphatic carbocycles. The number of benzene rings is 1. The van der Waals surface area contributed by atoms with Crippen molar-refractivity contribution in [1.29, 1.82) is 0 Å². The Labute approximate surface area is 125 Å². The molecule has 19 heavy (non-hydrogen) atoms. The molecule has 1 N–H and O–H groups in total. The molecule has 0 bridgehead atoms. The maximum Gasteiger partial charge on any atom is 0.251 e. The molecule has 0 radical (unpaired) electrons. The zero-order chi connectivity index (χ0) is 14.1. The van der Waals surface area contributed by atoms with Gasteiger partial charge in [0.05, 0.1) is 0 Å². The van der Waals surface area contributed by atoms with Gasteiger partial charge in [0.2, 0.25) is 0 Å². The first-order valence-corrected chi connectivity index (χ1v) is 9.39. The maximum absolute atomic E-state index is 12.1. The molecule has 0 saturated carbocycles. The highest BCUT2D eigenvalue weighted by Crippen LogP contribution is 2.18. The molecular weight excluding hydrogens is 274 g/mol. The highest BCUT2D eigenvalue weighted by Gasteiger charge is 2.08. The van der Waals surface area contributed by atoms with E-state index in [-0.39, 0.29) is 5.91 Å². The van der Waals surface area contributed by atoms with Crippen LogP contribution in [0, 0.1) is 0 Å². The van der Waals surface area contributed by atoms with Crippen LogP contribution < -0.4 is 5.32 Å². The van der Waals surface area contributed by atoms with Crippen molar-refractivity contribution in [3.05, 3.63) is 34.9 Å². The summed E-state index contributed by atoms with van der Waals surface area (Å²) in [7, 11) is 0. The average Bonchev–Trinajstić information content (AvgIpc) is 2.39. The highest BCUT2D eigenvalue weighted by atomic mass is 32.2. The van der Waals surface area contributed by atoms with E-state index in [0.717, 1.165) is 36.5 Å². The summed E-state index contributed by atoms with van der Waals surface area (Å²) in [4.78, 5) is 12.1. The standard InChI is InChI=1S/C15H23NOS2/c1-4-5-6-16-15(17)14-8-12(10-18-2)7-13(9-14)11-19-3/h7-9H,4-6,10-11H2,1-3H3,(H,16,17). The number of rotatable bonds is 8. The van der Waals surface area contributed by atoms with Gasteiger partial charge in [-0.25, -0.2) is 0 Å². The number of nitrogens with one attached hydrogen (secondary N) is 1. The number of hydrogen-bond donors (Lipinski definition) is 1. The Balaban J connectivity index is 2.82. The zero-order valence-corrected chi connectivity index (χ0v) is 13.6. The van der Waals surface area contributed by atoms with E-state index in [1.54, 1.807) is 23.5 Å². The van der Waals surface area contributed by atoms with Crippen molar-refractivity contribution in [3.63, 3.8) is 0 Å². The second kappa shape index (κ2) is 9.32. The third-order valence-corrected chi connectivity index (χ3v) is 4.00. The SMILES string of the molecule is CCCCNC(=O)c1cc(CSC)cc(CSC)c1. The lowest BCUT2D eigenvalue weighted by atomic mass is 10.1. The van der Waals surface area contributed by atoms with E-state index in [9.17, 15) is 4.79 Å². The zero-order valence-electron chi connectivity index (χ0n) is 12.0. The van der Waals surface area contributed by atoms with Gasteiger partial charge in [-0.15, -0.1) is 0 Å². The van der Waals surface area contributed by atoms with Crippen LogP contribution in [-0.2, 0) is 11.5 Å². The van der Waals surface area contributed by atoms with Crippen molar-refractivity contribution in [1.82, 2.24) is 5.32 Å². The van der Waals surface area contributed by atoms with Crippen LogP contribution in [-0.4, -0.2) is 25.0 Å². The van der Waals surface area contributed by atoms with Crippen LogP contribution in [0.3, 0.4) is 0 Å². The molecule has 0 aliphatic rings. The van der Waals surface area contributed by atoms with Gasteiger partial charge in [-0.2, -0.15) is 23.5 Å². The van der Waals surface area contributed by atoms with Crippen LogP contribution >= 0.6 is 23.5 Å². The van der Waals surface area contributed by atoms with Gasteiger partial charge in [-0.3, -0.25) is 4.79 Å². The van der Waals surface area contributed by atoms with Gasteiger partial charge < -0.3 is 5.32 Å². The molecule has 0 spiro atoms. The minimum atomic E-state index is 0.0544. The number of unbranched alkanes of at least 4 members (excludes halogenated alkanes) is 1. The van der Waals surface area contributed by atoms with Gasteiger partial charge in [0.15, 0.2) is 0 Å². The number of thioether (sulfide) groups is 2. The lowest BCUT2D eigenvalue weighted by molar-refractivity contribution is 0.0953. The minimum Gasteiger partial charge on any atom is -0.352 e. The summed E-state index contributed by atoms with van der Waals surface area (Å²) >= 11 is 3.57. The van der Waals surface area contributed by atoms with Gasteiger partial charge in [-0.05, 0) is 42.2 Å². The summed E-state index contributed by atoms with van der Waals surface area (Å²) < 4.78 is 0. The summed E-state index contributed by atoms with van der Waals surface area (Å²) in [5.74, 6) is 1.97. The lowest BCUT2D eigenvalue weighted by Crippen LogP contribution is -2.24. The molecule has 1 rings (SSSR count). The summed E-state index contributed by atoms with van der Waals surface area (Å²) in [6, 6.07) is 6.24. The molecule has 2 nitrogen and oxygen atoms in total. The smallest absolute Gasteiger partial charge is 0.251 e. The van der Waals surface area contributed by atoms with Crippen molar-refractivity contribution in [2.24, 2.45) is 0 Å². The lowest BCUT2D eigenvalue weighted by Gasteiger charge is -2.09. The van der Waals surface area contributed by atoms with Crippen LogP contribution in [0.2, 0.25) is 0 Å². The number of amides is 1. The molecule has 4 heteroatoms. The maximum atomic E-state index is 12.1. The van der Waals surface area contributed by atoms with Gasteiger partial charge in [-0.1, -0.05) is 19.4 Å². The Morgan fingerprint density at radius 3 is 2.16 bits per heavy atom. The fourth-order valence-electron chi connectivity index (χ4n) is 1.87. The second-order valence-corrected chi connectivity index (χ2v) is 6.25. The van der Waals surface area contributed by atoms with Crippen LogP contribution in [0.25, 0.3) is 0 Å². The third-order valence-electron chi connectivity index (χ3n) is 2.75. The van der Waals surface area contributed by atoms with Crippen molar-refractivity contribution >= 4 is 29.4 Å². The van der Waals surface area contributed by atoms with Crippen molar-refractivity contribution < 1.29 is 4.79 Å². The fourth-order valence-corrected chi connectivity index (χ4v) is 2.87. The van der Waals surface area contributed by atoms with E-state index in [1.165, 1.54) is 11.1 Å². The van der Waals surface area contributed by atoms with Crippen LogP contribution in [0.5, 0.6) is 0 Å². The Hall–Kier alpha value is -0.610. The Kier molecular flexibility index (Phi) is 8.07. The Bertz CT molecular complexity index is 383. The van der Waals surface area contributed by atoms with E-state index >= 15 is 0 Å². The second-order valence-electron chi connectivity index (χ2n) is 4.51. The Morgan fingerprint density at radius 2 is 1.68 bits per heavy atom.